The number of nitrogens with zero attached hydrogens (tertiary/aromatic N) is 2. The summed E-state index contributed by atoms with van der Waals surface area (Å²) in [6, 6.07) is 0.778. The second-order valence-corrected chi connectivity index (χ2v) is 6.07. The summed E-state index contributed by atoms with van der Waals surface area (Å²) in [5.74, 6) is -7.60. The highest BCUT2D eigenvalue weighted by molar-refractivity contribution is 5.77. The van der Waals surface area contributed by atoms with Gasteiger partial charge >= 0.3 is 36.0 Å². The fraction of sp³-hybridized carbons (Fsp3) is 0.533. The highest BCUT2D eigenvalue weighted by atomic mass is 19.4. The SMILES string of the molecule is [2H][C@@]1(n2ccc(NO)nc2=O)O[C@H](COC(C)=O)[C@@H](OC(=O)C(F)(F)F)[C@H]1OC(=O)C(F)(F)F. The normalized spacial score (nSPS) is 25.7. The Kier molecular flexibility index (Phi) is 7.06. The average molecular weight is 494 g/mol. The van der Waals surface area contributed by atoms with Gasteiger partial charge in [0.1, 0.15) is 12.7 Å². The van der Waals surface area contributed by atoms with E-state index in [1.807, 2.05) is 0 Å². The van der Waals surface area contributed by atoms with Crippen molar-refractivity contribution in [2.75, 3.05) is 12.1 Å². The van der Waals surface area contributed by atoms with Gasteiger partial charge < -0.3 is 18.9 Å². The molecule has 33 heavy (non-hydrogen) atoms. The first-order valence-electron chi connectivity index (χ1n) is 8.87. The summed E-state index contributed by atoms with van der Waals surface area (Å²) in [6.45, 7) is -0.264. The van der Waals surface area contributed by atoms with Crippen LogP contribution >= 0.6 is 0 Å². The second-order valence-electron chi connectivity index (χ2n) is 6.07. The average Bonchev–Trinajstić information content (AvgIpc) is 2.96. The Balaban J connectivity index is 2.63. The van der Waals surface area contributed by atoms with Crippen LogP contribution in [0.4, 0.5) is 32.2 Å². The van der Waals surface area contributed by atoms with Crippen LogP contribution < -0.4 is 11.2 Å². The van der Waals surface area contributed by atoms with E-state index in [2.05, 4.69) is 19.2 Å². The van der Waals surface area contributed by atoms with E-state index in [0.717, 1.165) is 13.0 Å². The zero-order valence-electron chi connectivity index (χ0n) is 17.0. The van der Waals surface area contributed by atoms with E-state index in [-0.39, 0.29) is 4.57 Å². The predicted octanol–water partition coefficient (Wildman–Crippen LogP) is 0.453. The molecule has 1 aromatic rings. The lowest BCUT2D eigenvalue weighted by molar-refractivity contribution is -0.221. The van der Waals surface area contributed by atoms with Crippen LogP contribution in [0.15, 0.2) is 17.1 Å². The highest BCUT2D eigenvalue weighted by Crippen LogP contribution is 2.36. The quantitative estimate of drug-likeness (QED) is 0.245. The maximum atomic E-state index is 12.8. The minimum atomic E-state index is -5.73. The molecule has 0 spiro atoms. The van der Waals surface area contributed by atoms with Gasteiger partial charge in [-0.1, -0.05) is 0 Å². The molecule has 1 saturated heterocycles. The Morgan fingerprint density at radius 1 is 1.18 bits per heavy atom. The lowest BCUT2D eigenvalue weighted by Crippen LogP contribution is -2.46. The molecule has 0 unspecified atom stereocenters. The van der Waals surface area contributed by atoms with E-state index in [1.165, 1.54) is 5.48 Å². The fourth-order valence-corrected chi connectivity index (χ4v) is 2.41. The molecular weight excluding hydrogens is 480 g/mol. The molecule has 4 atom stereocenters. The number of ether oxygens (including phenoxy) is 4. The Hall–Kier alpha value is -3.41. The molecule has 0 saturated carbocycles. The minimum Gasteiger partial charge on any atom is -0.463 e. The Bertz CT molecular complexity index is 1020. The number of alkyl halides is 6. The molecule has 18 heteroatoms. The molecule has 1 aromatic heterocycles. The third-order valence-electron chi connectivity index (χ3n) is 3.73. The van der Waals surface area contributed by atoms with Gasteiger partial charge in [-0.3, -0.25) is 20.0 Å². The second kappa shape index (κ2) is 9.61. The summed E-state index contributed by atoms with van der Waals surface area (Å²) in [7, 11) is 0. The van der Waals surface area contributed by atoms with Gasteiger partial charge in [0, 0.05) is 13.1 Å². The lowest BCUT2D eigenvalue weighted by Gasteiger charge is -2.25. The number of hydrogen-bond acceptors (Lipinski definition) is 11. The van der Waals surface area contributed by atoms with Crippen molar-refractivity contribution < 1.29 is 66.3 Å². The molecule has 1 fully saturated rings. The van der Waals surface area contributed by atoms with E-state index in [0.29, 0.717) is 6.20 Å². The van der Waals surface area contributed by atoms with Crippen molar-refractivity contribution in [3.8, 4) is 0 Å². The number of carbonyl (C=O) groups excluding carboxylic acids is 3. The molecule has 0 bridgehead atoms. The van der Waals surface area contributed by atoms with Crippen molar-refractivity contribution in [3.05, 3.63) is 22.7 Å². The van der Waals surface area contributed by atoms with Gasteiger partial charge in [-0.15, -0.1) is 0 Å². The standard InChI is InChI=1S/C15H13F6N3O9/c1-5(25)30-4-6-8(32-11(26)14(16,17)18)9(33-12(27)15(19,20)21)10(31-6)24-3-2-7(23-29)22-13(24)28/h2-3,6,8-10,29H,4H2,1H3,(H,22,23,28)/t6-,8-,9-,10-/m1/s1/i10D. The van der Waals surface area contributed by atoms with Gasteiger partial charge in [-0.2, -0.15) is 31.3 Å². The monoisotopic (exact) mass is 494 g/mol. The predicted molar refractivity (Wildman–Crippen MR) is 86.3 cm³/mol. The number of anilines is 1. The van der Waals surface area contributed by atoms with E-state index in [9.17, 15) is 45.5 Å². The van der Waals surface area contributed by atoms with Crippen molar-refractivity contribution in [2.24, 2.45) is 0 Å². The summed E-state index contributed by atoms with van der Waals surface area (Å²) in [4.78, 5) is 49.3. The topological polar surface area (TPSA) is 155 Å². The first kappa shape index (κ1) is 24.2. The summed E-state index contributed by atoms with van der Waals surface area (Å²) in [5.41, 5.74) is -0.0893. The number of halogens is 6. The van der Waals surface area contributed by atoms with Crippen LogP contribution in [-0.2, 0) is 33.3 Å². The van der Waals surface area contributed by atoms with Gasteiger partial charge in [-0.05, 0) is 6.07 Å². The van der Waals surface area contributed by atoms with E-state index in [1.54, 1.807) is 0 Å². The number of rotatable bonds is 6. The first-order valence-corrected chi connectivity index (χ1v) is 8.37. The van der Waals surface area contributed by atoms with Crippen molar-refractivity contribution in [2.45, 2.75) is 43.8 Å². The number of carbonyl (C=O) groups is 3. The van der Waals surface area contributed by atoms with E-state index < -0.39 is 72.9 Å². The van der Waals surface area contributed by atoms with Crippen molar-refractivity contribution >= 4 is 23.7 Å². The highest BCUT2D eigenvalue weighted by Gasteiger charge is 2.56. The van der Waals surface area contributed by atoms with Crippen LogP contribution in [0.25, 0.3) is 0 Å². The molecule has 0 aromatic carbocycles. The maximum Gasteiger partial charge on any atom is 0.490 e. The number of hydrogen-bond donors (Lipinski definition) is 2. The molecule has 2 rings (SSSR count). The molecule has 0 radical (unpaired) electrons. The van der Waals surface area contributed by atoms with Crippen LogP contribution in [0.5, 0.6) is 0 Å². The summed E-state index contributed by atoms with van der Waals surface area (Å²) >= 11 is 0. The number of nitrogens with one attached hydrogen (secondary N) is 1. The fourth-order valence-electron chi connectivity index (χ4n) is 2.41. The van der Waals surface area contributed by atoms with Gasteiger partial charge in [0.2, 0.25) is 0 Å². The zero-order valence-corrected chi connectivity index (χ0v) is 16.0. The molecule has 184 valence electrons. The Morgan fingerprint density at radius 3 is 2.18 bits per heavy atom. The van der Waals surface area contributed by atoms with E-state index >= 15 is 0 Å². The summed E-state index contributed by atoms with van der Waals surface area (Å²) in [6.07, 6.45) is -21.8. The van der Waals surface area contributed by atoms with Crippen LogP contribution in [0, 0.1) is 0 Å². The number of aromatic nitrogens is 2. The summed E-state index contributed by atoms with van der Waals surface area (Å²) < 4.78 is 103. The van der Waals surface area contributed by atoms with Gasteiger partial charge in [0.05, 0.1) is 1.37 Å². The smallest absolute Gasteiger partial charge is 0.463 e. The zero-order chi connectivity index (χ0) is 26.1. The molecule has 12 nitrogen and oxygen atoms in total. The Labute approximate surface area is 179 Å². The molecule has 1 aliphatic rings. The van der Waals surface area contributed by atoms with Crippen molar-refractivity contribution in [3.63, 3.8) is 0 Å². The summed E-state index contributed by atoms with van der Waals surface area (Å²) in [5, 5.41) is 8.78. The van der Waals surface area contributed by atoms with Crippen LogP contribution in [0.2, 0.25) is 0 Å². The lowest BCUT2D eigenvalue weighted by atomic mass is 10.1. The molecule has 2 N–H and O–H groups in total. The first-order chi connectivity index (χ1) is 15.5. The third kappa shape index (κ3) is 6.31. The van der Waals surface area contributed by atoms with E-state index in [4.69, 9.17) is 11.3 Å². The van der Waals surface area contributed by atoms with Crippen LogP contribution in [0.1, 0.15) is 14.5 Å². The van der Waals surface area contributed by atoms with Crippen molar-refractivity contribution in [1.82, 2.24) is 9.55 Å². The van der Waals surface area contributed by atoms with Gasteiger partial charge in [-0.25, -0.2) is 14.4 Å². The Morgan fingerprint density at radius 2 is 1.73 bits per heavy atom. The molecule has 0 aliphatic carbocycles. The molecule has 0 amide bonds. The number of esters is 3. The third-order valence-corrected chi connectivity index (χ3v) is 3.73. The maximum absolute atomic E-state index is 12.8. The molecule has 1 aliphatic heterocycles. The molecular formula is C15H13F6N3O9. The van der Waals surface area contributed by atoms with Gasteiger partial charge in [0.15, 0.2) is 24.2 Å². The van der Waals surface area contributed by atoms with Crippen molar-refractivity contribution in [1.29, 1.82) is 0 Å². The minimum absolute atomic E-state index is 0.0738. The largest absolute Gasteiger partial charge is 0.490 e. The van der Waals surface area contributed by atoms with Crippen LogP contribution in [0.3, 0.4) is 0 Å². The molecule has 2 heterocycles. The van der Waals surface area contributed by atoms with Gasteiger partial charge in [0.25, 0.3) is 0 Å². The van der Waals surface area contributed by atoms with Crippen LogP contribution in [-0.4, -0.2) is 69.9 Å².